The van der Waals surface area contributed by atoms with Gasteiger partial charge in [0.15, 0.2) is 0 Å². The number of likely N-dealkylation sites (tertiary alicyclic amines) is 1. The fourth-order valence-corrected chi connectivity index (χ4v) is 3.62. The van der Waals surface area contributed by atoms with Crippen molar-refractivity contribution in [2.75, 3.05) is 17.5 Å². The summed E-state index contributed by atoms with van der Waals surface area (Å²) in [5, 5.41) is 0. The lowest BCUT2D eigenvalue weighted by molar-refractivity contribution is -0.163. The Morgan fingerprint density at radius 3 is 2.62 bits per heavy atom. The number of rotatable bonds is 5. The molecule has 2 rings (SSSR count). The quantitative estimate of drug-likeness (QED) is 0.750. The third-order valence-electron chi connectivity index (χ3n) is 4.12. The fourth-order valence-electron chi connectivity index (χ4n) is 3.02. The van der Waals surface area contributed by atoms with Crippen molar-refractivity contribution in [3.05, 3.63) is 29.8 Å². The molecule has 2 atom stereocenters. The average Bonchev–Trinajstić information content (AvgIpc) is 2.47. The van der Waals surface area contributed by atoms with Gasteiger partial charge in [-0.2, -0.15) is 0 Å². The standard InChI is InChI=1S/C18H29N3O4S/c1-18(2,3)25-17(22)16-11-14(19)9-10-21(16)12-13-7-5-6-8-15(13)20-26(4,23)24/h5-8,14,16,20H,9-12,19H2,1-4H3. The van der Waals surface area contributed by atoms with E-state index in [9.17, 15) is 13.2 Å². The normalized spacial score (nSPS) is 22.0. The van der Waals surface area contributed by atoms with Gasteiger partial charge in [0.05, 0.1) is 11.9 Å². The Kier molecular flexibility index (Phi) is 6.31. The number of carbonyl (C=O) groups excluding carboxylic acids is 1. The second kappa shape index (κ2) is 7.94. The molecule has 1 saturated heterocycles. The fraction of sp³-hybridized carbons (Fsp3) is 0.611. The van der Waals surface area contributed by atoms with E-state index in [2.05, 4.69) is 4.72 Å². The Hall–Kier alpha value is -1.64. The Balaban J connectivity index is 2.22. The van der Waals surface area contributed by atoms with E-state index in [-0.39, 0.29) is 12.0 Å². The van der Waals surface area contributed by atoms with Gasteiger partial charge in [-0.1, -0.05) is 18.2 Å². The monoisotopic (exact) mass is 383 g/mol. The second-order valence-electron chi connectivity index (χ2n) is 7.84. The first kappa shape index (κ1) is 20.7. The molecular weight excluding hydrogens is 354 g/mol. The number of benzene rings is 1. The zero-order chi connectivity index (χ0) is 19.5. The van der Waals surface area contributed by atoms with Gasteiger partial charge in [0.2, 0.25) is 10.0 Å². The highest BCUT2D eigenvalue weighted by molar-refractivity contribution is 7.92. The number of esters is 1. The van der Waals surface area contributed by atoms with Crippen LogP contribution >= 0.6 is 0 Å². The third kappa shape index (κ3) is 6.26. The lowest BCUT2D eigenvalue weighted by atomic mass is 9.96. The van der Waals surface area contributed by atoms with E-state index in [1.807, 2.05) is 37.8 Å². The van der Waals surface area contributed by atoms with Crippen LogP contribution < -0.4 is 10.5 Å². The summed E-state index contributed by atoms with van der Waals surface area (Å²) in [6, 6.07) is 6.70. The minimum atomic E-state index is -3.38. The minimum Gasteiger partial charge on any atom is -0.459 e. The maximum atomic E-state index is 12.6. The zero-order valence-corrected chi connectivity index (χ0v) is 16.7. The molecule has 1 aliphatic heterocycles. The first-order valence-electron chi connectivity index (χ1n) is 8.73. The molecule has 7 nitrogen and oxygen atoms in total. The topological polar surface area (TPSA) is 102 Å². The van der Waals surface area contributed by atoms with Crippen LogP contribution in [0, 0.1) is 0 Å². The number of nitrogens with two attached hydrogens (primary N) is 1. The van der Waals surface area contributed by atoms with Gasteiger partial charge in [0.1, 0.15) is 11.6 Å². The van der Waals surface area contributed by atoms with E-state index < -0.39 is 21.7 Å². The Labute approximate surface area is 155 Å². The number of carbonyl (C=O) groups is 1. The molecule has 26 heavy (non-hydrogen) atoms. The first-order chi connectivity index (χ1) is 11.9. The highest BCUT2D eigenvalue weighted by Gasteiger charge is 2.35. The molecule has 1 aromatic rings. The highest BCUT2D eigenvalue weighted by atomic mass is 32.2. The van der Waals surface area contributed by atoms with Gasteiger partial charge in [-0.25, -0.2) is 8.42 Å². The van der Waals surface area contributed by atoms with Gasteiger partial charge in [0, 0.05) is 19.1 Å². The molecule has 0 amide bonds. The number of hydrogen-bond acceptors (Lipinski definition) is 6. The maximum Gasteiger partial charge on any atom is 0.323 e. The number of ether oxygens (including phenoxy) is 1. The Bertz CT molecular complexity index is 743. The Morgan fingerprint density at radius 2 is 2.00 bits per heavy atom. The van der Waals surface area contributed by atoms with Crippen LogP contribution in [-0.2, 0) is 26.1 Å². The molecule has 0 saturated carbocycles. The molecule has 0 aromatic heterocycles. The lowest BCUT2D eigenvalue weighted by Gasteiger charge is -2.38. The van der Waals surface area contributed by atoms with Crippen LogP contribution in [0.3, 0.4) is 0 Å². The van der Waals surface area contributed by atoms with Gasteiger partial charge in [-0.3, -0.25) is 14.4 Å². The number of para-hydroxylation sites is 1. The first-order valence-corrected chi connectivity index (χ1v) is 10.6. The zero-order valence-electron chi connectivity index (χ0n) is 15.9. The summed E-state index contributed by atoms with van der Waals surface area (Å²) in [5.74, 6) is -0.291. The van der Waals surface area contributed by atoms with Gasteiger partial charge < -0.3 is 10.5 Å². The van der Waals surface area contributed by atoms with Crippen LogP contribution in [-0.4, -0.2) is 49.8 Å². The van der Waals surface area contributed by atoms with Crippen LogP contribution in [0.5, 0.6) is 0 Å². The smallest absolute Gasteiger partial charge is 0.323 e. The van der Waals surface area contributed by atoms with E-state index in [1.54, 1.807) is 12.1 Å². The average molecular weight is 384 g/mol. The van der Waals surface area contributed by atoms with Crippen LogP contribution in [0.1, 0.15) is 39.2 Å². The largest absolute Gasteiger partial charge is 0.459 e. The number of hydrogen-bond donors (Lipinski definition) is 2. The summed E-state index contributed by atoms with van der Waals surface area (Å²) in [5.41, 5.74) is 6.83. The number of nitrogens with zero attached hydrogens (tertiary/aromatic N) is 1. The summed E-state index contributed by atoms with van der Waals surface area (Å²) in [4.78, 5) is 14.7. The van der Waals surface area contributed by atoms with Gasteiger partial charge in [0.25, 0.3) is 0 Å². The molecule has 0 spiro atoms. The molecule has 1 fully saturated rings. The Morgan fingerprint density at radius 1 is 1.35 bits per heavy atom. The summed E-state index contributed by atoms with van der Waals surface area (Å²) >= 11 is 0. The van der Waals surface area contributed by atoms with Crippen LogP contribution in [0.15, 0.2) is 24.3 Å². The SMILES string of the molecule is CC(C)(C)OC(=O)C1CC(N)CCN1Cc1ccccc1NS(C)(=O)=O. The van der Waals surface area contributed by atoms with Crippen LogP contribution in [0.25, 0.3) is 0 Å². The lowest BCUT2D eigenvalue weighted by Crippen LogP contribution is -2.52. The van der Waals surface area contributed by atoms with Crippen molar-refractivity contribution in [3.63, 3.8) is 0 Å². The molecular formula is C18H29N3O4S. The molecule has 1 aliphatic rings. The molecule has 2 unspecified atom stereocenters. The van der Waals surface area contributed by atoms with Crippen molar-refractivity contribution < 1.29 is 17.9 Å². The molecule has 146 valence electrons. The summed E-state index contributed by atoms with van der Waals surface area (Å²) in [6.07, 6.45) is 2.42. The molecule has 1 aromatic carbocycles. The van der Waals surface area contributed by atoms with E-state index in [0.29, 0.717) is 25.2 Å². The third-order valence-corrected chi connectivity index (χ3v) is 4.71. The summed E-state index contributed by atoms with van der Waals surface area (Å²) in [7, 11) is -3.38. The van der Waals surface area contributed by atoms with E-state index in [0.717, 1.165) is 18.2 Å². The molecule has 0 bridgehead atoms. The number of piperidine rings is 1. The van der Waals surface area contributed by atoms with Crippen molar-refractivity contribution in [3.8, 4) is 0 Å². The van der Waals surface area contributed by atoms with Gasteiger partial charge in [-0.05, 0) is 45.2 Å². The van der Waals surface area contributed by atoms with Crippen molar-refractivity contribution >= 4 is 21.7 Å². The van der Waals surface area contributed by atoms with Gasteiger partial charge in [-0.15, -0.1) is 0 Å². The van der Waals surface area contributed by atoms with Crippen molar-refractivity contribution in [2.45, 2.75) is 57.8 Å². The molecule has 3 N–H and O–H groups in total. The van der Waals surface area contributed by atoms with Gasteiger partial charge >= 0.3 is 5.97 Å². The van der Waals surface area contributed by atoms with Crippen molar-refractivity contribution in [1.29, 1.82) is 0 Å². The van der Waals surface area contributed by atoms with E-state index in [1.165, 1.54) is 0 Å². The minimum absolute atomic E-state index is 0.0480. The second-order valence-corrected chi connectivity index (χ2v) is 9.58. The molecule has 0 radical (unpaired) electrons. The molecule has 1 heterocycles. The number of anilines is 1. The van der Waals surface area contributed by atoms with Crippen LogP contribution in [0.4, 0.5) is 5.69 Å². The predicted molar refractivity (Wildman–Crippen MR) is 102 cm³/mol. The van der Waals surface area contributed by atoms with E-state index >= 15 is 0 Å². The molecule has 8 heteroatoms. The van der Waals surface area contributed by atoms with E-state index in [4.69, 9.17) is 10.5 Å². The summed E-state index contributed by atoms with van der Waals surface area (Å²) < 4.78 is 31.3. The molecule has 0 aliphatic carbocycles. The number of nitrogens with one attached hydrogen (secondary N) is 1. The van der Waals surface area contributed by atoms with Crippen LogP contribution in [0.2, 0.25) is 0 Å². The van der Waals surface area contributed by atoms with Crippen molar-refractivity contribution in [2.24, 2.45) is 5.73 Å². The predicted octanol–water partition coefficient (Wildman–Crippen LogP) is 1.69. The number of sulfonamides is 1. The maximum absolute atomic E-state index is 12.6. The highest BCUT2D eigenvalue weighted by Crippen LogP contribution is 2.25. The van der Waals surface area contributed by atoms with Crippen molar-refractivity contribution in [1.82, 2.24) is 4.90 Å². The summed E-state index contributed by atoms with van der Waals surface area (Å²) in [6.45, 7) is 6.60.